The van der Waals surface area contributed by atoms with Crippen LogP contribution in [0.5, 0.6) is 0 Å². The van der Waals surface area contributed by atoms with Gasteiger partial charge in [0.1, 0.15) is 0 Å². The predicted molar refractivity (Wildman–Crippen MR) is 114 cm³/mol. The molecule has 0 bridgehead atoms. The number of esters is 1. The smallest absolute Gasteiger partial charge is 0.349 e. The molecule has 0 saturated carbocycles. The Bertz CT molecular complexity index is 948. The summed E-state index contributed by atoms with van der Waals surface area (Å²) in [5.41, 5.74) is 1.63. The monoisotopic (exact) mass is 470 g/mol. The van der Waals surface area contributed by atoms with Crippen LogP contribution in [0.1, 0.15) is 37.0 Å². The van der Waals surface area contributed by atoms with E-state index < -0.39 is 23.1 Å². The standard InChI is InChI=1S/C20H20Cl2N2O7/c1-12(25)31-19(20(26)27)14-8-4-7-13(6-2-3-11-30-24(28)29)17(14)23-18-15(21)9-5-10-16(18)22/h4-5,7-10,19,23H,2-3,6,11H2,1H3,(H,26,27). The van der Waals surface area contributed by atoms with Crippen LogP contribution < -0.4 is 5.32 Å². The average molecular weight is 471 g/mol. The fourth-order valence-electron chi connectivity index (χ4n) is 2.91. The molecule has 2 aromatic rings. The van der Waals surface area contributed by atoms with Crippen LogP contribution in [0, 0.1) is 10.1 Å². The summed E-state index contributed by atoms with van der Waals surface area (Å²) in [5, 5.41) is 22.8. The minimum atomic E-state index is -1.56. The zero-order chi connectivity index (χ0) is 23.0. The van der Waals surface area contributed by atoms with Crippen molar-refractivity contribution >= 4 is 46.5 Å². The number of ether oxygens (including phenoxy) is 1. The summed E-state index contributed by atoms with van der Waals surface area (Å²) in [4.78, 5) is 37.9. The lowest BCUT2D eigenvalue weighted by Crippen LogP contribution is -2.19. The number of aliphatic carboxylic acids is 1. The third kappa shape index (κ3) is 7.01. The van der Waals surface area contributed by atoms with Gasteiger partial charge in [-0.05, 0) is 37.0 Å². The van der Waals surface area contributed by atoms with E-state index in [4.69, 9.17) is 27.9 Å². The Balaban J connectivity index is 2.43. The van der Waals surface area contributed by atoms with E-state index in [9.17, 15) is 24.8 Å². The molecule has 1 atom stereocenters. The Kier molecular flexibility index (Phi) is 8.89. The van der Waals surface area contributed by atoms with Gasteiger partial charge in [-0.3, -0.25) is 4.79 Å². The average Bonchev–Trinajstić information content (AvgIpc) is 2.69. The normalized spacial score (nSPS) is 11.5. The molecule has 0 fully saturated rings. The number of carboxylic acid groups (broad SMARTS) is 1. The SMILES string of the molecule is CC(=O)OC(C(=O)O)c1cccc(CCCCO[N+](=O)[O-])c1Nc1c(Cl)cccc1Cl. The number of hydrogen-bond acceptors (Lipinski definition) is 7. The Labute approximate surface area is 188 Å². The van der Waals surface area contributed by atoms with Crippen LogP contribution >= 0.6 is 23.2 Å². The van der Waals surface area contributed by atoms with Crippen LogP contribution in [0.15, 0.2) is 36.4 Å². The van der Waals surface area contributed by atoms with Crippen LogP contribution in [0.3, 0.4) is 0 Å². The molecular formula is C20H20Cl2N2O7. The zero-order valence-electron chi connectivity index (χ0n) is 16.5. The molecule has 1 unspecified atom stereocenters. The van der Waals surface area contributed by atoms with Crippen LogP contribution in [0.4, 0.5) is 11.4 Å². The van der Waals surface area contributed by atoms with Crippen molar-refractivity contribution in [3.8, 4) is 0 Å². The molecular weight excluding hydrogens is 451 g/mol. The zero-order valence-corrected chi connectivity index (χ0v) is 18.0. The minimum Gasteiger partial charge on any atom is -0.478 e. The van der Waals surface area contributed by atoms with Crippen molar-refractivity contribution in [2.45, 2.75) is 32.3 Å². The first-order valence-corrected chi connectivity index (χ1v) is 9.96. The lowest BCUT2D eigenvalue weighted by Gasteiger charge is -2.22. The number of para-hydroxylation sites is 2. The fraction of sp³-hybridized carbons (Fsp3) is 0.300. The highest BCUT2D eigenvalue weighted by Gasteiger charge is 2.27. The fourth-order valence-corrected chi connectivity index (χ4v) is 3.40. The molecule has 11 heteroatoms. The molecule has 9 nitrogen and oxygen atoms in total. The molecule has 2 rings (SSSR count). The van der Waals surface area contributed by atoms with Gasteiger partial charge in [-0.2, -0.15) is 0 Å². The third-order valence-corrected chi connectivity index (χ3v) is 4.85. The van der Waals surface area contributed by atoms with Gasteiger partial charge in [0.05, 0.1) is 22.3 Å². The van der Waals surface area contributed by atoms with Crippen molar-refractivity contribution in [2.24, 2.45) is 0 Å². The van der Waals surface area contributed by atoms with Crippen LogP contribution in [-0.4, -0.2) is 28.7 Å². The van der Waals surface area contributed by atoms with Crippen molar-refractivity contribution in [3.63, 3.8) is 0 Å². The summed E-state index contributed by atoms with van der Waals surface area (Å²) in [6.45, 7) is 1.06. The number of hydrogen-bond donors (Lipinski definition) is 2. The van der Waals surface area contributed by atoms with E-state index in [0.717, 1.165) is 6.92 Å². The molecule has 0 aromatic heterocycles. The Hall–Kier alpha value is -3.04. The molecule has 31 heavy (non-hydrogen) atoms. The number of anilines is 2. The van der Waals surface area contributed by atoms with Crippen molar-refractivity contribution in [1.82, 2.24) is 0 Å². The van der Waals surface area contributed by atoms with Crippen LogP contribution in [0.2, 0.25) is 10.0 Å². The number of carboxylic acids is 1. The first-order valence-electron chi connectivity index (χ1n) is 9.20. The molecule has 0 heterocycles. The number of nitrogens with zero attached hydrogens (tertiary/aromatic N) is 1. The van der Waals surface area contributed by atoms with Crippen LogP contribution in [0.25, 0.3) is 0 Å². The second kappa shape index (κ2) is 11.4. The van der Waals surface area contributed by atoms with Gasteiger partial charge in [0, 0.05) is 18.2 Å². The molecule has 0 aliphatic carbocycles. The van der Waals surface area contributed by atoms with Crippen LogP contribution in [-0.2, 0) is 25.6 Å². The van der Waals surface area contributed by atoms with Crippen molar-refractivity contribution in [1.29, 1.82) is 0 Å². The lowest BCUT2D eigenvalue weighted by molar-refractivity contribution is -0.757. The number of carbonyl (C=O) groups excluding carboxylic acids is 1. The Morgan fingerprint density at radius 1 is 1.13 bits per heavy atom. The van der Waals surface area contributed by atoms with Gasteiger partial charge in [-0.15, -0.1) is 10.1 Å². The van der Waals surface area contributed by atoms with Gasteiger partial charge in [-0.25, -0.2) is 4.79 Å². The highest BCUT2D eigenvalue weighted by atomic mass is 35.5. The number of nitrogens with one attached hydrogen (secondary N) is 1. The van der Waals surface area contributed by atoms with E-state index in [1.807, 2.05) is 0 Å². The highest BCUT2D eigenvalue weighted by molar-refractivity contribution is 6.39. The second-order valence-corrected chi connectivity index (χ2v) is 7.26. The highest BCUT2D eigenvalue weighted by Crippen LogP contribution is 2.38. The lowest BCUT2D eigenvalue weighted by atomic mass is 9.98. The molecule has 0 spiro atoms. The third-order valence-electron chi connectivity index (χ3n) is 4.22. The van der Waals surface area contributed by atoms with E-state index >= 15 is 0 Å². The Morgan fingerprint density at radius 3 is 2.35 bits per heavy atom. The van der Waals surface area contributed by atoms with Gasteiger partial charge >= 0.3 is 11.9 Å². The number of benzene rings is 2. The summed E-state index contributed by atoms with van der Waals surface area (Å²) in [7, 11) is 0. The second-order valence-electron chi connectivity index (χ2n) is 6.44. The number of carbonyl (C=O) groups is 2. The predicted octanol–water partition coefficient (Wildman–Crippen LogP) is 4.96. The molecule has 0 radical (unpaired) electrons. The van der Waals surface area contributed by atoms with E-state index in [0.29, 0.717) is 46.2 Å². The summed E-state index contributed by atoms with van der Waals surface area (Å²) in [6.07, 6.45) is -0.192. The van der Waals surface area contributed by atoms with E-state index in [-0.39, 0.29) is 12.2 Å². The summed E-state index contributed by atoms with van der Waals surface area (Å²) in [6, 6.07) is 9.82. The molecule has 0 aliphatic heterocycles. The number of unbranched alkanes of at least 4 members (excludes halogenated alkanes) is 1. The van der Waals surface area contributed by atoms with Crippen molar-refractivity contribution < 1.29 is 29.4 Å². The maximum atomic E-state index is 11.8. The van der Waals surface area contributed by atoms with Gasteiger partial charge in [0.25, 0.3) is 5.09 Å². The molecule has 166 valence electrons. The molecule has 2 aromatic carbocycles. The topological polar surface area (TPSA) is 128 Å². The van der Waals surface area contributed by atoms with Gasteiger partial charge in [-0.1, -0.05) is 47.5 Å². The summed E-state index contributed by atoms with van der Waals surface area (Å²) < 4.78 is 5.02. The largest absolute Gasteiger partial charge is 0.478 e. The first-order chi connectivity index (χ1) is 14.7. The maximum absolute atomic E-state index is 11.8. The van der Waals surface area contributed by atoms with Gasteiger partial charge in [0.2, 0.25) is 6.10 Å². The quantitative estimate of drug-likeness (QED) is 0.204. The number of aryl methyl sites for hydroxylation is 1. The first kappa shape index (κ1) is 24.2. The van der Waals surface area contributed by atoms with Gasteiger partial charge < -0.3 is 20.0 Å². The minimum absolute atomic E-state index is 0.0585. The number of halogens is 2. The molecule has 2 N–H and O–H groups in total. The summed E-state index contributed by atoms with van der Waals surface area (Å²) >= 11 is 12.5. The van der Waals surface area contributed by atoms with E-state index in [1.165, 1.54) is 6.07 Å². The summed E-state index contributed by atoms with van der Waals surface area (Å²) in [5.74, 6) is -2.10. The number of rotatable bonds is 11. The van der Waals surface area contributed by atoms with E-state index in [1.54, 1.807) is 30.3 Å². The Morgan fingerprint density at radius 2 is 1.77 bits per heavy atom. The maximum Gasteiger partial charge on any atom is 0.349 e. The van der Waals surface area contributed by atoms with E-state index in [2.05, 4.69) is 10.2 Å². The molecule has 0 aliphatic rings. The van der Waals surface area contributed by atoms with Crippen molar-refractivity contribution in [2.75, 3.05) is 11.9 Å². The van der Waals surface area contributed by atoms with Crippen molar-refractivity contribution in [3.05, 3.63) is 67.7 Å². The molecule has 0 saturated heterocycles. The van der Waals surface area contributed by atoms with Gasteiger partial charge in [0.15, 0.2) is 0 Å². The molecule has 0 amide bonds.